The molecule has 2 rings (SSSR count). The van der Waals surface area contributed by atoms with Gasteiger partial charge in [0.15, 0.2) is 0 Å². The maximum atomic E-state index is 11.9. The molecule has 0 fully saturated rings. The van der Waals surface area contributed by atoms with Crippen LogP contribution in [0.3, 0.4) is 0 Å². The van der Waals surface area contributed by atoms with Gasteiger partial charge in [-0.05, 0) is 25.6 Å². The molecule has 0 unspecified atom stereocenters. The van der Waals surface area contributed by atoms with Gasteiger partial charge < -0.3 is 22.2 Å². The topological polar surface area (TPSA) is 137 Å². The van der Waals surface area contributed by atoms with Crippen molar-refractivity contribution < 1.29 is 0 Å². The Hall–Kier alpha value is -2.93. The number of H-pyrrole nitrogens is 1. The molecule has 0 radical (unpaired) electrons. The van der Waals surface area contributed by atoms with E-state index in [1.165, 1.54) is 7.05 Å². The van der Waals surface area contributed by atoms with Gasteiger partial charge in [0.1, 0.15) is 11.5 Å². The van der Waals surface area contributed by atoms with E-state index in [2.05, 4.69) is 40.4 Å². The average Bonchev–Trinajstić information content (AvgIpc) is 2.67. The molecule has 0 aliphatic rings. The third-order valence-electron chi connectivity index (χ3n) is 2.47. The second-order valence-corrected chi connectivity index (χ2v) is 3.77. The number of hydrogen-bond donors (Lipinski definition) is 4. The summed E-state index contributed by atoms with van der Waals surface area (Å²) in [5.74, 6) is 0.249. The SMILES string of the molecule is C=C.C=C(/C=C\C)c1cc2c(N)nc(N)nc2[nH]c1=O.CC.CC.CN. The number of nitrogens with two attached hydrogens (primary N) is 3. The van der Waals surface area contributed by atoms with E-state index < -0.39 is 0 Å². The van der Waals surface area contributed by atoms with Crippen LogP contribution in [0.25, 0.3) is 16.6 Å². The third kappa shape index (κ3) is 8.25. The number of pyridine rings is 1. The second-order valence-electron chi connectivity index (χ2n) is 3.77. The Bertz CT molecular complexity index is 735. The molecule has 0 bridgehead atoms. The molecule has 0 saturated heterocycles. The molecule has 0 saturated carbocycles. The van der Waals surface area contributed by atoms with Crippen molar-refractivity contribution in [2.75, 3.05) is 18.5 Å². The van der Waals surface area contributed by atoms with Gasteiger partial charge >= 0.3 is 0 Å². The van der Waals surface area contributed by atoms with Crippen LogP contribution >= 0.6 is 0 Å². The van der Waals surface area contributed by atoms with Crippen LogP contribution in [-0.2, 0) is 0 Å². The molecule has 2 heterocycles. The maximum absolute atomic E-state index is 11.9. The summed E-state index contributed by atoms with van der Waals surface area (Å²) in [6.07, 6.45) is 3.54. The van der Waals surface area contributed by atoms with Crippen LogP contribution < -0.4 is 22.8 Å². The number of hydrogen-bond acceptors (Lipinski definition) is 6. The van der Waals surface area contributed by atoms with Gasteiger partial charge in [-0.25, -0.2) is 0 Å². The van der Waals surface area contributed by atoms with Crippen molar-refractivity contribution in [3.8, 4) is 0 Å². The minimum absolute atomic E-state index is 0.0238. The van der Waals surface area contributed by atoms with Gasteiger partial charge in [0.05, 0.1) is 5.39 Å². The van der Waals surface area contributed by atoms with E-state index in [1.807, 2.05) is 34.6 Å². The molecular formula is C19H34N6O. The molecule has 0 amide bonds. The highest BCUT2D eigenvalue weighted by atomic mass is 16.1. The van der Waals surface area contributed by atoms with Gasteiger partial charge in [0, 0.05) is 5.56 Å². The molecule has 0 aromatic carbocycles. The quantitative estimate of drug-likeness (QED) is 0.476. The lowest BCUT2D eigenvalue weighted by Gasteiger charge is -2.05. The van der Waals surface area contributed by atoms with Gasteiger partial charge in [-0.1, -0.05) is 46.4 Å². The Balaban J connectivity index is -0.000000585. The van der Waals surface area contributed by atoms with Crippen LogP contribution in [-0.4, -0.2) is 22.0 Å². The summed E-state index contributed by atoms with van der Waals surface area (Å²) in [5.41, 5.74) is 16.8. The van der Waals surface area contributed by atoms with Crippen molar-refractivity contribution >= 4 is 28.4 Å². The van der Waals surface area contributed by atoms with E-state index in [0.717, 1.165) is 0 Å². The fraction of sp³-hybridized carbons (Fsp3) is 0.316. The van der Waals surface area contributed by atoms with Crippen LogP contribution in [0.1, 0.15) is 40.2 Å². The van der Waals surface area contributed by atoms with E-state index in [9.17, 15) is 4.79 Å². The van der Waals surface area contributed by atoms with Gasteiger partial charge in [0.2, 0.25) is 5.95 Å². The monoisotopic (exact) mass is 362 g/mol. The summed E-state index contributed by atoms with van der Waals surface area (Å²) >= 11 is 0. The number of aromatic nitrogens is 3. The molecule has 2 aromatic heterocycles. The van der Waals surface area contributed by atoms with E-state index in [4.69, 9.17) is 11.5 Å². The largest absolute Gasteiger partial charge is 0.383 e. The predicted molar refractivity (Wildman–Crippen MR) is 117 cm³/mol. The molecule has 7 N–H and O–H groups in total. The molecule has 0 spiro atoms. The minimum atomic E-state index is -0.289. The normalized spacial score (nSPS) is 8.58. The van der Waals surface area contributed by atoms with Crippen molar-refractivity contribution in [3.05, 3.63) is 53.9 Å². The summed E-state index contributed by atoms with van der Waals surface area (Å²) in [7, 11) is 1.50. The van der Waals surface area contributed by atoms with Gasteiger partial charge in [-0.15, -0.1) is 13.2 Å². The van der Waals surface area contributed by atoms with Crippen LogP contribution in [0.4, 0.5) is 11.8 Å². The van der Waals surface area contributed by atoms with Gasteiger partial charge in [-0.2, -0.15) is 9.97 Å². The predicted octanol–water partition coefficient (Wildman–Crippen LogP) is 3.50. The molecule has 2 aromatic rings. The van der Waals surface area contributed by atoms with Crippen molar-refractivity contribution in [1.82, 2.24) is 15.0 Å². The number of aromatic amines is 1. The number of rotatable bonds is 2. The first-order valence-electron chi connectivity index (χ1n) is 8.38. The van der Waals surface area contributed by atoms with E-state index in [-0.39, 0.29) is 17.3 Å². The molecule has 7 nitrogen and oxygen atoms in total. The van der Waals surface area contributed by atoms with Gasteiger partial charge in [0.25, 0.3) is 5.56 Å². The van der Waals surface area contributed by atoms with Crippen molar-refractivity contribution in [1.29, 1.82) is 0 Å². The smallest absolute Gasteiger partial charge is 0.257 e. The van der Waals surface area contributed by atoms with Crippen LogP contribution in [0, 0.1) is 0 Å². The lowest BCUT2D eigenvalue weighted by atomic mass is 10.1. The first-order chi connectivity index (χ1) is 12.5. The average molecular weight is 363 g/mol. The molecular weight excluding hydrogens is 328 g/mol. The Kier molecular flexibility index (Phi) is 18.1. The summed E-state index contributed by atoms with van der Waals surface area (Å²) < 4.78 is 0. The van der Waals surface area contributed by atoms with Crippen molar-refractivity contribution in [3.63, 3.8) is 0 Å². The Morgan fingerprint density at radius 1 is 1.12 bits per heavy atom. The fourth-order valence-corrected chi connectivity index (χ4v) is 1.66. The molecule has 0 aliphatic heterocycles. The summed E-state index contributed by atoms with van der Waals surface area (Å²) in [5, 5.41) is 0.546. The summed E-state index contributed by atoms with van der Waals surface area (Å²) in [6.45, 7) is 19.7. The highest BCUT2D eigenvalue weighted by Gasteiger charge is 2.09. The maximum Gasteiger partial charge on any atom is 0.257 e. The number of nitrogens with one attached hydrogen (secondary N) is 1. The van der Waals surface area contributed by atoms with E-state index in [1.54, 1.807) is 18.2 Å². The van der Waals surface area contributed by atoms with Crippen LogP contribution in [0.5, 0.6) is 0 Å². The summed E-state index contributed by atoms with van der Waals surface area (Å²) in [4.78, 5) is 22.3. The Morgan fingerprint density at radius 3 is 2.08 bits per heavy atom. The third-order valence-corrected chi connectivity index (χ3v) is 2.47. The highest BCUT2D eigenvalue weighted by molar-refractivity contribution is 5.89. The van der Waals surface area contributed by atoms with Crippen molar-refractivity contribution in [2.24, 2.45) is 5.73 Å². The Labute approximate surface area is 156 Å². The minimum Gasteiger partial charge on any atom is -0.383 e. The number of nitrogens with zero attached hydrogens (tertiary/aromatic N) is 2. The second kappa shape index (κ2) is 16.9. The Morgan fingerprint density at radius 2 is 1.62 bits per heavy atom. The zero-order chi connectivity index (χ0) is 21.3. The lowest BCUT2D eigenvalue weighted by Crippen LogP contribution is -2.13. The molecule has 0 aliphatic carbocycles. The zero-order valence-electron chi connectivity index (χ0n) is 16.9. The molecule has 0 atom stereocenters. The number of nitrogen functional groups attached to an aromatic ring is 2. The van der Waals surface area contributed by atoms with Crippen LogP contribution in [0.15, 0.2) is 42.7 Å². The number of anilines is 2. The fourth-order valence-electron chi connectivity index (χ4n) is 1.66. The molecule has 26 heavy (non-hydrogen) atoms. The summed E-state index contributed by atoms with van der Waals surface area (Å²) in [6, 6.07) is 1.62. The lowest BCUT2D eigenvalue weighted by molar-refractivity contribution is 1.17. The molecule has 7 heteroatoms. The first-order valence-corrected chi connectivity index (χ1v) is 8.38. The van der Waals surface area contributed by atoms with E-state index in [0.29, 0.717) is 22.2 Å². The highest BCUT2D eigenvalue weighted by Crippen LogP contribution is 2.19. The van der Waals surface area contributed by atoms with Gasteiger partial charge in [-0.3, -0.25) is 4.79 Å². The van der Waals surface area contributed by atoms with Crippen LogP contribution in [0.2, 0.25) is 0 Å². The number of allylic oxidation sites excluding steroid dienone is 3. The first kappa shape index (κ1) is 27.9. The molecule has 146 valence electrons. The number of fused-ring (bicyclic) bond motifs is 1. The zero-order valence-corrected chi connectivity index (χ0v) is 16.9. The van der Waals surface area contributed by atoms with Crippen molar-refractivity contribution in [2.45, 2.75) is 34.6 Å². The standard InChI is InChI=1S/C12H13N5O.2C2H6.C2H4.CH5N/c1-3-4-6(2)7-5-8-9(13)15-12(14)17-10(8)16-11(7)18;4*1-2/h3-5H,2H2,1H3,(H5,13,14,15,16,17,18);2*1-2H3;1-2H2;2H2,1H3/b4-3-;;;;. The van der Waals surface area contributed by atoms with E-state index >= 15 is 0 Å².